The van der Waals surface area contributed by atoms with Crippen LogP contribution in [0.4, 0.5) is 0 Å². The van der Waals surface area contributed by atoms with Gasteiger partial charge < -0.3 is 9.47 Å². The van der Waals surface area contributed by atoms with E-state index in [2.05, 4.69) is 31.5 Å². The minimum Gasteiger partial charge on any atom is -0.494 e. The van der Waals surface area contributed by atoms with E-state index in [0.717, 1.165) is 33.0 Å². The van der Waals surface area contributed by atoms with Crippen LogP contribution >= 0.6 is 27.7 Å². The fraction of sp³-hybridized carbons (Fsp3) is 0.235. The Hall–Kier alpha value is -2.06. The molecule has 130 valence electrons. The Bertz CT molecular complexity index is 856. The van der Waals surface area contributed by atoms with Gasteiger partial charge in [0.1, 0.15) is 17.2 Å². The highest BCUT2D eigenvalue weighted by atomic mass is 79.9. The molecule has 3 aromatic rings. The van der Waals surface area contributed by atoms with Crippen molar-refractivity contribution < 1.29 is 9.47 Å². The number of nitrogens with zero attached hydrogens (tertiary/aromatic N) is 4. The minimum atomic E-state index is 0.554. The molecule has 0 radical (unpaired) electrons. The normalized spacial score (nSPS) is 10.7. The number of halogens is 1. The van der Waals surface area contributed by atoms with Crippen LogP contribution in [-0.4, -0.2) is 39.7 Å². The van der Waals surface area contributed by atoms with E-state index in [4.69, 9.17) is 9.47 Å². The Morgan fingerprint density at radius 1 is 1.20 bits per heavy atom. The highest BCUT2D eigenvalue weighted by Gasteiger charge is 2.13. The maximum atomic E-state index is 5.74. The quantitative estimate of drug-likeness (QED) is 0.426. The summed E-state index contributed by atoms with van der Waals surface area (Å²) in [5.41, 5.74) is 1.93. The molecule has 0 N–H and O–H groups in total. The third-order valence-corrected chi connectivity index (χ3v) is 4.76. The van der Waals surface area contributed by atoms with Gasteiger partial charge in [-0.25, -0.2) is 0 Å². The van der Waals surface area contributed by atoms with Crippen LogP contribution in [-0.2, 0) is 0 Å². The highest BCUT2D eigenvalue weighted by molar-refractivity contribution is 9.10. The standard InChI is InChI=1S/C17H17BrN4O2S/c1-12-6-7-16(23-2)15(10-12)22-17(19-20-21-22)25-9-8-24-14-5-3-4-13(18)11-14/h3-7,10-11H,8-9H2,1-2H3. The van der Waals surface area contributed by atoms with Gasteiger partial charge in [-0.2, -0.15) is 4.68 Å². The number of rotatable bonds is 7. The lowest BCUT2D eigenvalue weighted by Crippen LogP contribution is -2.05. The molecule has 6 nitrogen and oxygen atoms in total. The van der Waals surface area contributed by atoms with Gasteiger partial charge in [0.05, 0.1) is 13.7 Å². The van der Waals surface area contributed by atoms with Crippen LogP contribution in [0, 0.1) is 6.92 Å². The van der Waals surface area contributed by atoms with E-state index in [-0.39, 0.29) is 0 Å². The van der Waals surface area contributed by atoms with E-state index in [9.17, 15) is 0 Å². The molecule has 0 saturated heterocycles. The van der Waals surface area contributed by atoms with E-state index in [1.54, 1.807) is 11.8 Å². The lowest BCUT2D eigenvalue weighted by molar-refractivity contribution is 0.343. The fourth-order valence-corrected chi connectivity index (χ4v) is 3.31. The second kappa shape index (κ2) is 8.35. The van der Waals surface area contributed by atoms with Crippen molar-refractivity contribution in [2.45, 2.75) is 12.1 Å². The molecule has 3 rings (SSSR count). The molecule has 0 aliphatic rings. The SMILES string of the molecule is COc1ccc(C)cc1-n1nnnc1SCCOc1cccc(Br)c1. The zero-order chi connectivity index (χ0) is 17.6. The summed E-state index contributed by atoms with van der Waals surface area (Å²) in [4.78, 5) is 0. The van der Waals surface area contributed by atoms with Crippen molar-refractivity contribution in [1.82, 2.24) is 20.2 Å². The van der Waals surface area contributed by atoms with Crippen LogP contribution in [0.15, 0.2) is 52.1 Å². The van der Waals surface area contributed by atoms with Gasteiger partial charge in [0.25, 0.3) is 0 Å². The number of ether oxygens (including phenoxy) is 2. The molecule has 1 aromatic heterocycles. The maximum Gasteiger partial charge on any atom is 0.214 e. The van der Waals surface area contributed by atoms with Crippen molar-refractivity contribution in [2.24, 2.45) is 0 Å². The van der Waals surface area contributed by atoms with Crippen LogP contribution in [0.5, 0.6) is 11.5 Å². The van der Waals surface area contributed by atoms with Gasteiger partial charge in [0, 0.05) is 10.2 Å². The molecule has 0 atom stereocenters. The third-order valence-electron chi connectivity index (χ3n) is 3.38. The average Bonchev–Trinajstić information content (AvgIpc) is 3.07. The number of tetrazole rings is 1. The largest absolute Gasteiger partial charge is 0.494 e. The van der Waals surface area contributed by atoms with Crippen molar-refractivity contribution >= 4 is 27.7 Å². The van der Waals surface area contributed by atoms with E-state index in [1.165, 1.54) is 11.8 Å². The number of hydrogen-bond donors (Lipinski definition) is 0. The van der Waals surface area contributed by atoms with Gasteiger partial charge >= 0.3 is 0 Å². The summed E-state index contributed by atoms with van der Waals surface area (Å²) in [5.74, 6) is 2.28. The molecule has 0 bridgehead atoms. The molecular weight excluding hydrogens is 404 g/mol. The van der Waals surface area contributed by atoms with Gasteiger partial charge in [-0.05, 0) is 53.2 Å². The number of aryl methyl sites for hydroxylation is 1. The zero-order valence-corrected chi connectivity index (χ0v) is 16.2. The summed E-state index contributed by atoms with van der Waals surface area (Å²) in [6.45, 7) is 2.57. The summed E-state index contributed by atoms with van der Waals surface area (Å²) in [6.07, 6.45) is 0. The number of aromatic nitrogens is 4. The molecule has 2 aromatic carbocycles. The van der Waals surface area contributed by atoms with Crippen molar-refractivity contribution in [3.63, 3.8) is 0 Å². The molecule has 0 aliphatic heterocycles. The van der Waals surface area contributed by atoms with Crippen LogP contribution in [0.2, 0.25) is 0 Å². The van der Waals surface area contributed by atoms with Gasteiger partial charge in [-0.3, -0.25) is 0 Å². The van der Waals surface area contributed by atoms with Crippen molar-refractivity contribution in [3.05, 3.63) is 52.5 Å². The van der Waals surface area contributed by atoms with E-state index < -0.39 is 0 Å². The Morgan fingerprint density at radius 3 is 2.88 bits per heavy atom. The van der Waals surface area contributed by atoms with Gasteiger partial charge in [0.2, 0.25) is 5.16 Å². The van der Waals surface area contributed by atoms with Gasteiger partial charge in [0.15, 0.2) is 0 Å². The summed E-state index contributed by atoms with van der Waals surface area (Å²) >= 11 is 4.96. The van der Waals surface area contributed by atoms with Crippen LogP contribution in [0.1, 0.15) is 5.56 Å². The molecule has 1 heterocycles. The number of hydrogen-bond acceptors (Lipinski definition) is 6. The number of thioether (sulfide) groups is 1. The molecular formula is C17H17BrN4O2S. The second-order valence-electron chi connectivity index (χ2n) is 5.20. The summed E-state index contributed by atoms with van der Waals surface area (Å²) in [7, 11) is 1.64. The summed E-state index contributed by atoms with van der Waals surface area (Å²) in [5, 5.41) is 12.7. The number of methoxy groups -OCH3 is 1. The first-order valence-corrected chi connectivity index (χ1v) is 9.40. The summed E-state index contributed by atoms with van der Waals surface area (Å²) < 4.78 is 13.8. The molecule has 0 saturated carbocycles. The maximum absolute atomic E-state index is 5.74. The fourth-order valence-electron chi connectivity index (χ4n) is 2.23. The molecule has 0 fully saturated rings. The van der Waals surface area contributed by atoms with Crippen molar-refractivity contribution in [1.29, 1.82) is 0 Å². The van der Waals surface area contributed by atoms with Crippen LogP contribution < -0.4 is 9.47 Å². The Labute approximate surface area is 158 Å². The van der Waals surface area contributed by atoms with E-state index >= 15 is 0 Å². The predicted molar refractivity (Wildman–Crippen MR) is 101 cm³/mol. The molecule has 25 heavy (non-hydrogen) atoms. The smallest absolute Gasteiger partial charge is 0.214 e. The van der Waals surface area contributed by atoms with Crippen molar-refractivity contribution in [2.75, 3.05) is 19.5 Å². The molecule has 0 unspecified atom stereocenters. The molecule has 0 amide bonds. The highest BCUT2D eigenvalue weighted by Crippen LogP contribution is 2.27. The summed E-state index contributed by atoms with van der Waals surface area (Å²) in [6, 6.07) is 13.7. The lowest BCUT2D eigenvalue weighted by atomic mass is 10.2. The Kier molecular flexibility index (Phi) is 5.93. The molecule has 0 aliphatic carbocycles. The monoisotopic (exact) mass is 420 g/mol. The number of benzene rings is 2. The molecule has 0 spiro atoms. The lowest BCUT2D eigenvalue weighted by Gasteiger charge is -2.10. The van der Waals surface area contributed by atoms with Gasteiger partial charge in [-0.15, -0.1) is 5.10 Å². The second-order valence-corrected chi connectivity index (χ2v) is 7.18. The topological polar surface area (TPSA) is 62.1 Å². The van der Waals surface area contributed by atoms with E-state index in [1.807, 2.05) is 49.4 Å². The zero-order valence-electron chi connectivity index (χ0n) is 13.8. The minimum absolute atomic E-state index is 0.554. The third kappa shape index (κ3) is 4.52. The average molecular weight is 421 g/mol. The van der Waals surface area contributed by atoms with Crippen LogP contribution in [0.3, 0.4) is 0 Å². The van der Waals surface area contributed by atoms with Gasteiger partial charge in [-0.1, -0.05) is 39.8 Å². The first-order valence-electron chi connectivity index (χ1n) is 7.62. The van der Waals surface area contributed by atoms with Crippen molar-refractivity contribution in [3.8, 4) is 17.2 Å². The Morgan fingerprint density at radius 2 is 2.08 bits per heavy atom. The van der Waals surface area contributed by atoms with E-state index in [0.29, 0.717) is 11.8 Å². The first-order chi connectivity index (χ1) is 12.2. The molecule has 8 heteroatoms. The predicted octanol–water partition coefficient (Wildman–Crippen LogP) is 3.91. The van der Waals surface area contributed by atoms with Crippen LogP contribution in [0.25, 0.3) is 5.69 Å². The Balaban J connectivity index is 1.65. The first kappa shape index (κ1) is 17.8.